The predicted octanol–water partition coefficient (Wildman–Crippen LogP) is -2.35. The van der Waals surface area contributed by atoms with Crippen molar-refractivity contribution in [3.63, 3.8) is 0 Å². The Balaban J connectivity index is -0.0000000267. The van der Waals surface area contributed by atoms with Crippen LogP contribution in [0.25, 0.3) is 0 Å². The van der Waals surface area contributed by atoms with Gasteiger partial charge >= 0.3 is 36.2 Å². The standard InChI is InChI=1S/C4H10O.Al.Li.H2/c1-4(2,3)5;;;/h5H,1-3H3;;;1H/q;+3;+1;. The van der Waals surface area contributed by atoms with E-state index in [1.165, 1.54) is 0 Å². The van der Waals surface area contributed by atoms with Crippen LogP contribution in [0.2, 0.25) is 0 Å². The summed E-state index contributed by atoms with van der Waals surface area (Å²) in [5.41, 5.74) is -0.500. The maximum atomic E-state index is 8.52. The summed E-state index contributed by atoms with van der Waals surface area (Å²) in [5.74, 6) is 0. The monoisotopic (exact) mass is 110 g/mol. The van der Waals surface area contributed by atoms with Gasteiger partial charge in [0, 0.05) is 1.43 Å². The molecule has 3 heteroatoms. The number of rotatable bonds is 0. The van der Waals surface area contributed by atoms with Crippen LogP contribution in [0.15, 0.2) is 0 Å². The van der Waals surface area contributed by atoms with Crippen molar-refractivity contribution in [3.8, 4) is 0 Å². The zero-order valence-electron chi connectivity index (χ0n) is 5.52. The molecule has 0 aromatic carbocycles. The van der Waals surface area contributed by atoms with Gasteiger partial charge in [-0.25, -0.2) is 0 Å². The van der Waals surface area contributed by atoms with Gasteiger partial charge in [0.1, 0.15) is 0 Å². The summed E-state index contributed by atoms with van der Waals surface area (Å²) < 4.78 is 0. The van der Waals surface area contributed by atoms with Gasteiger partial charge in [-0.05, 0) is 20.8 Å². The molecule has 0 rings (SSSR count). The second kappa shape index (κ2) is 5.23. The molecule has 0 atom stereocenters. The molecule has 0 bridgehead atoms. The molecule has 0 amide bonds. The van der Waals surface area contributed by atoms with Crippen molar-refractivity contribution in [2.75, 3.05) is 0 Å². The Morgan fingerprint density at radius 3 is 1.29 bits per heavy atom. The molecule has 0 fully saturated rings. The van der Waals surface area contributed by atoms with Crippen LogP contribution in [0, 0.1) is 0 Å². The topological polar surface area (TPSA) is 20.2 Å². The summed E-state index contributed by atoms with van der Waals surface area (Å²) >= 11 is 0. The van der Waals surface area contributed by atoms with E-state index in [1.54, 1.807) is 20.8 Å². The average molecular weight is 110 g/mol. The summed E-state index contributed by atoms with van der Waals surface area (Å²) in [7, 11) is 0. The van der Waals surface area contributed by atoms with Gasteiger partial charge in [0.25, 0.3) is 0 Å². The summed E-state index contributed by atoms with van der Waals surface area (Å²) in [5, 5.41) is 8.52. The van der Waals surface area contributed by atoms with Crippen molar-refractivity contribution >= 4 is 17.4 Å². The normalized spacial score (nSPS) is 8.57. The Labute approximate surface area is 69.3 Å². The summed E-state index contributed by atoms with van der Waals surface area (Å²) in [4.78, 5) is 0. The molecule has 0 unspecified atom stereocenters. The molecular weight excluding hydrogens is 98.0 g/mol. The fraction of sp³-hybridized carbons (Fsp3) is 1.00. The van der Waals surface area contributed by atoms with Crippen LogP contribution >= 0.6 is 0 Å². The zero-order valence-corrected chi connectivity index (χ0v) is 6.68. The van der Waals surface area contributed by atoms with E-state index >= 15 is 0 Å². The first kappa shape index (κ1) is 15.7. The minimum absolute atomic E-state index is 0. The molecule has 0 aromatic heterocycles. The van der Waals surface area contributed by atoms with E-state index in [-0.39, 0.29) is 37.6 Å². The number of hydrogen-bond donors (Lipinski definition) is 1. The molecule has 0 aliphatic carbocycles. The van der Waals surface area contributed by atoms with Crippen molar-refractivity contribution in [1.29, 1.82) is 0 Å². The molecule has 1 nitrogen and oxygen atoms in total. The molecular formula is C4H12AlLiO+4. The first-order valence-electron chi connectivity index (χ1n) is 1.72. The van der Waals surface area contributed by atoms with Gasteiger partial charge in [0.2, 0.25) is 0 Å². The van der Waals surface area contributed by atoms with Gasteiger partial charge in [-0.15, -0.1) is 0 Å². The van der Waals surface area contributed by atoms with E-state index in [2.05, 4.69) is 0 Å². The van der Waals surface area contributed by atoms with Crippen LogP contribution in [0.3, 0.4) is 0 Å². The van der Waals surface area contributed by atoms with E-state index in [4.69, 9.17) is 5.11 Å². The zero-order chi connectivity index (χ0) is 4.50. The van der Waals surface area contributed by atoms with Crippen LogP contribution in [-0.4, -0.2) is 28.1 Å². The number of aliphatic hydroxyl groups is 1. The van der Waals surface area contributed by atoms with Gasteiger partial charge in [-0.3, -0.25) is 0 Å². The van der Waals surface area contributed by atoms with Gasteiger partial charge in [0.05, 0.1) is 5.60 Å². The second-order valence-electron chi connectivity index (χ2n) is 2.17. The van der Waals surface area contributed by atoms with Crippen LogP contribution in [-0.2, 0) is 0 Å². The minimum atomic E-state index is -0.500. The quantitative estimate of drug-likeness (QED) is 0.346. The van der Waals surface area contributed by atoms with Crippen molar-refractivity contribution in [2.45, 2.75) is 26.4 Å². The fourth-order valence-corrected chi connectivity index (χ4v) is 0. The molecule has 0 aromatic rings. The third-order valence-electron chi connectivity index (χ3n) is 0. The molecule has 0 saturated heterocycles. The first-order valence-corrected chi connectivity index (χ1v) is 1.72. The van der Waals surface area contributed by atoms with Crippen LogP contribution in [0.5, 0.6) is 0 Å². The van der Waals surface area contributed by atoms with Gasteiger partial charge in [0.15, 0.2) is 0 Å². The second-order valence-corrected chi connectivity index (χ2v) is 2.17. The van der Waals surface area contributed by atoms with Crippen LogP contribution in [0.4, 0.5) is 0 Å². The Bertz CT molecular complexity index is 31.5. The Hall–Kier alpha value is 1.09. The van der Waals surface area contributed by atoms with E-state index < -0.39 is 5.60 Å². The smallest absolute Gasteiger partial charge is 0.391 e. The predicted molar refractivity (Wildman–Crippen MR) is 29.8 cm³/mol. The molecule has 0 radical (unpaired) electrons. The molecule has 0 heterocycles. The molecule has 7 heavy (non-hydrogen) atoms. The van der Waals surface area contributed by atoms with Crippen molar-refractivity contribution in [1.82, 2.24) is 0 Å². The van der Waals surface area contributed by atoms with Gasteiger partial charge in [-0.1, -0.05) is 0 Å². The van der Waals surface area contributed by atoms with E-state index in [1.807, 2.05) is 0 Å². The van der Waals surface area contributed by atoms with Crippen molar-refractivity contribution < 1.29 is 25.4 Å². The fourth-order valence-electron chi connectivity index (χ4n) is 0. The van der Waals surface area contributed by atoms with Crippen molar-refractivity contribution in [2.24, 2.45) is 0 Å². The third kappa shape index (κ3) is 155. The molecule has 0 spiro atoms. The maximum absolute atomic E-state index is 8.52. The minimum Gasteiger partial charge on any atom is -0.391 e. The Kier molecular flexibility index (Phi) is 11.7. The average Bonchev–Trinajstić information content (AvgIpc) is 0.722. The first-order chi connectivity index (χ1) is 2.00. The molecule has 0 saturated carbocycles. The Morgan fingerprint density at radius 2 is 1.29 bits per heavy atom. The van der Waals surface area contributed by atoms with E-state index in [0.717, 1.165) is 0 Å². The van der Waals surface area contributed by atoms with Crippen molar-refractivity contribution in [3.05, 3.63) is 0 Å². The number of hydrogen-bond acceptors (Lipinski definition) is 1. The van der Waals surface area contributed by atoms with E-state index in [0.29, 0.717) is 0 Å². The van der Waals surface area contributed by atoms with Crippen LogP contribution < -0.4 is 18.9 Å². The van der Waals surface area contributed by atoms with Gasteiger partial charge < -0.3 is 5.11 Å². The molecule has 1 N–H and O–H groups in total. The SMILES string of the molecule is CC(C)(C)O.[Al+3].[HH].[Li+]. The maximum Gasteiger partial charge on any atom is 3.00 e. The summed E-state index contributed by atoms with van der Waals surface area (Å²) in [6.07, 6.45) is 0. The summed E-state index contributed by atoms with van der Waals surface area (Å²) in [6.45, 7) is 5.23. The van der Waals surface area contributed by atoms with E-state index in [9.17, 15) is 0 Å². The molecule has 34 valence electrons. The largest absolute Gasteiger partial charge is 3.00 e. The van der Waals surface area contributed by atoms with Gasteiger partial charge in [-0.2, -0.15) is 0 Å². The molecule has 0 aliphatic heterocycles. The van der Waals surface area contributed by atoms with Crippen LogP contribution in [0.1, 0.15) is 22.2 Å². The molecule has 0 aliphatic rings. The Morgan fingerprint density at radius 1 is 1.29 bits per heavy atom. The third-order valence-corrected chi connectivity index (χ3v) is 0. The summed E-state index contributed by atoms with van der Waals surface area (Å²) in [6, 6.07) is 0.